The summed E-state index contributed by atoms with van der Waals surface area (Å²) in [6.45, 7) is 1.82. The smallest absolute Gasteiger partial charge is 0.225 e. The highest BCUT2D eigenvalue weighted by atomic mass is 35.5. The van der Waals surface area contributed by atoms with Crippen molar-refractivity contribution >= 4 is 33.0 Å². The van der Waals surface area contributed by atoms with E-state index >= 15 is 0 Å². The van der Waals surface area contributed by atoms with E-state index in [1.54, 1.807) is 18.2 Å². The number of rotatable bonds is 4. The average Bonchev–Trinajstić information content (AvgIpc) is 2.18. The molecule has 0 aromatic heterocycles. The molecule has 1 rings (SSSR count). The molecule has 4 nitrogen and oxygen atoms in total. The van der Waals surface area contributed by atoms with E-state index in [1.165, 1.54) is 0 Å². The predicted molar refractivity (Wildman–Crippen MR) is 69.1 cm³/mol. The Balaban J connectivity index is 2.62. The number of carbonyl (C=O) groups excluding carboxylic acids is 1. The maximum Gasteiger partial charge on any atom is 0.225 e. The fourth-order valence-corrected chi connectivity index (χ4v) is 2.04. The van der Waals surface area contributed by atoms with Crippen LogP contribution < -0.4 is 5.32 Å². The van der Waals surface area contributed by atoms with Crippen LogP contribution in [0.2, 0.25) is 5.02 Å². The second kappa shape index (κ2) is 5.51. The van der Waals surface area contributed by atoms with E-state index in [9.17, 15) is 13.2 Å². The van der Waals surface area contributed by atoms with Crippen molar-refractivity contribution in [3.8, 4) is 0 Å². The molecule has 1 N–H and O–H groups in total. The van der Waals surface area contributed by atoms with Crippen molar-refractivity contribution in [2.24, 2.45) is 0 Å². The van der Waals surface area contributed by atoms with Crippen LogP contribution in [0.3, 0.4) is 0 Å². The monoisotopic (exact) mass is 275 g/mol. The van der Waals surface area contributed by atoms with E-state index in [1.807, 2.05) is 6.92 Å². The molecule has 1 aromatic rings. The van der Waals surface area contributed by atoms with E-state index in [0.29, 0.717) is 10.7 Å². The molecular formula is C11H14ClNO3S. The van der Waals surface area contributed by atoms with Crippen LogP contribution in [0.5, 0.6) is 0 Å². The van der Waals surface area contributed by atoms with Crippen LogP contribution >= 0.6 is 11.6 Å². The standard InChI is InChI=1S/C11H14ClNO3S/c1-8-7-9(12)3-4-10(8)13-11(14)5-6-17(2,15)16/h3-4,7H,5-6H2,1-2H3,(H,13,14). The first-order valence-electron chi connectivity index (χ1n) is 5.01. The van der Waals surface area contributed by atoms with Crippen molar-refractivity contribution in [2.75, 3.05) is 17.3 Å². The lowest BCUT2D eigenvalue weighted by Crippen LogP contribution is -2.17. The van der Waals surface area contributed by atoms with Crippen molar-refractivity contribution in [1.82, 2.24) is 0 Å². The fraction of sp³-hybridized carbons (Fsp3) is 0.364. The van der Waals surface area contributed by atoms with E-state index < -0.39 is 9.84 Å². The van der Waals surface area contributed by atoms with Gasteiger partial charge in [-0.25, -0.2) is 8.42 Å². The second-order valence-electron chi connectivity index (χ2n) is 3.89. The van der Waals surface area contributed by atoms with Gasteiger partial charge in [0.05, 0.1) is 5.75 Å². The van der Waals surface area contributed by atoms with Gasteiger partial charge < -0.3 is 5.32 Å². The zero-order chi connectivity index (χ0) is 13.1. The molecule has 0 spiro atoms. The molecule has 0 bridgehead atoms. The van der Waals surface area contributed by atoms with E-state index in [2.05, 4.69) is 5.32 Å². The van der Waals surface area contributed by atoms with Crippen molar-refractivity contribution in [3.63, 3.8) is 0 Å². The average molecular weight is 276 g/mol. The van der Waals surface area contributed by atoms with Gasteiger partial charge in [0.2, 0.25) is 5.91 Å². The molecule has 0 heterocycles. The SMILES string of the molecule is Cc1cc(Cl)ccc1NC(=O)CCS(C)(=O)=O. The summed E-state index contributed by atoms with van der Waals surface area (Å²) in [6.07, 6.45) is 1.06. The number of halogens is 1. The molecule has 0 unspecified atom stereocenters. The van der Waals surface area contributed by atoms with Gasteiger partial charge in [-0.05, 0) is 30.7 Å². The molecule has 94 valence electrons. The number of carbonyl (C=O) groups is 1. The minimum absolute atomic E-state index is 0.0408. The summed E-state index contributed by atoms with van der Waals surface area (Å²) in [6, 6.07) is 5.09. The Morgan fingerprint density at radius 3 is 2.59 bits per heavy atom. The number of hydrogen-bond acceptors (Lipinski definition) is 3. The molecule has 0 fully saturated rings. The van der Waals surface area contributed by atoms with Gasteiger partial charge in [0.15, 0.2) is 0 Å². The zero-order valence-electron chi connectivity index (χ0n) is 9.66. The van der Waals surface area contributed by atoms with Crippen molar-refractivity contribution in [3.05, 3.63) is 28.8 Å². The third-order valence-electron chi connectivity index (χ3n) is 2.16. The first kappa shape index (κ1) is 14.0. The topological polar surface area (TPSA) is 63.2 Å². The molecule has 0 atom stereocenters. The molecule has 0 aliphatic rings. The van der Waals surface area contributed by atoms with Gasteiger partial charge in [-0.2, -0.15) is 0 Å². The van der Waals surface area contributed by atoms with Crippen molar-refractivity contribution in [2.45, 2.75) is 13.3 Å². The van der Waals surface area contributed by atoms with Crippen LogP contribution in [0, 0.1) is 6.92 Å². The molecule has 1 aromatic carbocycles. The van der Waals surface area contributed by atoms with Gasteiger partial charge in [-0.3, -0.25) is 4.79 Å². The van der Waals surface area contributed by atoms with Crippen molar-refractivity contribution in [1.29, 1.82) is 0 Å². The zero-order valence-corrected chi connectivity index (χ0v) is 11.2. The number of amides is 1. The minimum Gasteiger partial charge on any atom is -0.326 e. The van der Waals surface area contributed by atoms with Crippen LogP contribution in [0.25, 0.3) is 0 Å². The first-order valence-corrected chi connectivity index (χ1v) is 7.45. The lowest BCUT2D eigenvalue weighted by atomic mass is 10.2. The van der Waals surface area contributed by atoms with Gasteiger partial charge >= 0.3 is 0 Å². The molecule has 0 saturated carbocycles. The molecule has 0 saturated heterocycles. The first-order chi connectivity index (χ1) is 7.78. The summed E-state index contributed by atoms with van der Waals surface area (Å²) in [5.41, 5.74) is 1.48. The fourth-order valence-electron chi connectivity index (χ4n) is 1.26. The Morgan fingerprint density at radius 1 is 1.41 bits per heavy atom. The van der Waals surface area contributed by atoms with E-state index in [-0.39, 0.29) is 18.1 Å². The normalized spacial score (nSPS) is 11.2. The molecule has 0 aliphatic carbocycles. The summed E-state index contributed by atoms with van der Waals surface area (Å²) < 4.78 is 21.8. The summed E-state index contributed by atoms with van der Waals surface area (Å²) in [5.74, 6) is -0.466. The Labute approximate surface area is 106 Å². The second-order valence-corrected chi connectivity index (χ2v) is 6.58. The summed E-state index contributed by atoms with van der Waals surface area (Å²) >= 11 is 5.78. The van der Waals surface area contributed by atoms with Gasteiger partial charge in [0.1, 0.15) is 9.84 Å². The Morgan fingerprint density at radius 2 is 2.06 bits per heavy atom. The third kappa shape index (κ3) is 5.19. The Hall–Kier alpha value is -1.07. The highest BCUT2D eigenvalue weighted by Gasteiger charge is 2.09. The van der Waals surface area contributed by atoms with Gasteiger partial charge in [0, 0.05) is 23.4 Å². The molecular weight excluding hydrogens is 262 g/mol. The Bertz CT molecular complexity index is 526. The molecule has 1 amide bonds. The van der Waals surface area contributed by atoms with Crippen molar-refractivity contribution < 1.29 is 13.2 Å². The maximum absolute atomic E-state index is 11.5. The lowest BCUT2D eigenvalue weighted by molar-refractivity contribution is -0.115. The molecule has 0 radical (unpaired) electrons. The largest absolute Gasteiger partial charge is 0.326 e. The third-order valence-corrected chi connectivity index (χ3v) is 3.34. The quantitative estimate of drug-likeness (QED) is 0.914. The number of benzene rings is 1. The van der Waals surface area contributed by atoms with E-state index in [4.69, 9.17) is 11.6 Å². The number of nitrogens with one attached hydrogen (secondary N) is 1. The number of sulfone groups is 1. The highest BCUT2D eigenvalue weighted by Crippen LogP contribution is 2.19. The lowest BCUT2D eigenvalue weighted by Gasteiger charge is -2.08. The molecule has 17 heavy (non-hydrogen) atoms. The molecule has 0 aliphatic heterocycles. The molecule has 6 heteroatoms. The van der Waals surface area contributed by atoms with E-state index in [0.717, 1.165) is 11.8 Å². The minimum atomic E-state index is -3.11. The predicted octanol–water partition coefficient (Wildman–Crippen LogP) is 2.02. The number of anilines is 1. The van der Waals surface area contributed by atoms with Crippen LogP contribution in [0.1, 0.15) is 12.0 Å². The van der Waals surface area contributed by atoms with Gasteiger partial charge in [-0.1, -0.05) is 11.6 Å². The van der Waals surface area contributed by atoms with Crippen LogP contribution in [-0.2, 0) is 14.6 Å². The summed E-state index contributed by atoms with van der Waals surface area (Å²) in [5, 5.41) is 3.24. The summed E-state index contributed by atoms with van der Waals surface area (Å²) in [7, 11) is -3.11. The number of aryl methyl sites for hydroxylation is 1. The maximum atomic E-state index is 11.5. The van der Waals surface area contributed by atoms with Crippen LogP contribution in [0.4, 0.5) is 5.69 Å². The Kier molecular flexibility index (Phi) is 4.54. The van der Waals surface area contributed by atoms with Crippen LogP contribution in [0.15, 0.2) is 18.2 Å². The summed E-state index contributed by atoms with van der Waals surface area (Å²) in [4.78, 5) is 11.5. The highest BCUT2D eigenvalue weighted by molar-refractivity contribution is 7.90. The van der Waals surface area contributed by atoms with Gasteiger partial charge in [-0.15, -0.1) is 0 Å². The van der Waals surface area contributed by atoms with Gasteiger partial charge in [0.25, 0.3) is 0 Å². The number of hydrogen-bond donors (Lipinski definition) is 1. The van der Waals surface area contributed by atoms with Crippen LogP contribution in [-0.4, -0.2) is 26.3 Å².